The maximum atomic E-state index is 12.0. The Morgan fingerprint density at radius 3 is 3.14 bits per heavy atom. The second-order valence-electron chi connectivity index (χ2n) is 4.72. The molecule has 114 valence electrons. The lowest BCUT2D eigenvalue weighted by molar-refractivity contribution is -0.114. The summed E-state index contributed by atoms with van der Waals surface area (Å²) < 4.78 is 5.77. The first-order chi connectivity index (χ1) is 10.8. The average molecular weight is 300 g/mol. The van der Waals surface area contributed by atoms with Crippen molar-refractivity contribution in [2.45, 2.75) is 0 Å². The van der Waals surface area contributed by atoms with Gasteiger partial charge in [-0.3, -0.25) is 4.79 Å². The van der Waals surface area contributed by atoms with Crippen LogP contribution in [-0.4, -0.2) is 47.3 Å². The van der Waals surface area contributed by atoms with E-state index in [1.807, 2.05) is 6.07 Å². The normalized spacial score (nSPS) is 13.4. The number of aliphatic hydroxyl groups excluding tert-OH is 1. The zero-order chi connectivity index (χ0) is 15.5. The summed E-state index contributed by atoms with van der Waals surface area (Å²) in [5.74, 6) is 0.967. The third kappa shape index (κ3) is 2.35. The molecule has 0 aliphatic carbocycles. The van der Waals surface area contributed by atoms with Crippen LogP contribution in [0.15, 0.2) is 31.1 Å². The molecule has 0 fully saturated rings. The summed E-state index contributed by atoms with van der Waals surface area (Å²) >= 11 is 0. The summed E-state index contributed by atoms with van der Waals surface area (Å²) in [6.45, 7) is 4.74. The molecule has 1 amide bonds. The first kappa shape index (κ1) is 14.3. The van der Waals surface area contributed by atoms with Crippen LogP contribution in [0, 0.1) is 0 Å². The molecule has 7 nitrogen and oxygen atoms in total. The molecule has 7 heteroatoms. The molecule has 0 unspecified atom stereocenters. The molecular formula is C15H16N4O3. The van der Waals surface area contributed by atoms with Crippen molar-refractivity contribution in [3.05, 3.63) is 31.1 Å². The van der Waals surface area contributed by atoms with Crippen LogP contribution < -0.4 is 15.0 Å². The van der Waals surface area contributed by atoms with Crippen LogP contribution in [0.2, 0.25) is 0 Å². The molecule has 1 aromatic carbocycles. The maximum absolute atomic E-state index is 12.0. The minimum atomic E-state index is -0.175. The van der Waals surface area contributed by atoms with Crippen molar-refractivity contribution < 1.29 is 14.6 Å². The van der Waals surface area contributed by atoms with E-state index < -0.39 is 0 Å². The third-order valence-electron chi connectivity index (χ3n) is 3.43. The van der Waals surface area contributed by atoms with Gasteiger partial charge in [0.15, 0.2) is 5.75 Å². The molecule has 1 aliphatic rings. The highest BCUT2D eigenvalue weighted by Crippen LogP contribution is 2.40. The molecule has 0 radical (unpaired) electrons. The summed E-state index contributed by atoms with van der Waals surface area (Å²) in [7, 11) is 0. The largest absolute Gasteiger partial charge is 0.489 e. The van der Waals surface area contributed by atoms with E-state index in [2.05, 4.69) is 21.9 Å². The second-order valence-corrected chi connectivity index (χ2v) is 4.72. The van der Waals surface area contributed by atoms with Crippen LogP contribution in [0.3, 0.4) is 0 Å². The molecule has 0 saturated carbocycles. The first-order valence-electron chi connectivity index (χ1n) is 6.95. The van der Waals surface area contributed by atoms with Gasteiger partial charge in [0.05, 0.1) is 29.7 Å². The Bertz CT molecular complexity index is 732. The summed E-state index contributed by atoms with van der Waals surface area (Å²) in [6, 6.07) is 3.62. The van der Waals surface area contributed by atoms with Gasteiger partial charge in [-0.2, -0.15) is 0 Å². The number of aliphatic hydroxyl groups is 1. The Morgan fingerprint density at radius 1 is 1.50 bits per heavy atom. The van der Waals surface area contributed by atoms with Gasteiger partial charge in [0.1, 0.15) is 18.8 Å². The summed E-state index contributed by atoms with van der Waals surface area (Å²) in [6.07, 6.45) is 2.73. The summed E-state index contributed by atoms with van der Waals surface area (Å²) in [5, 5.41) is 12.7. The molecule has 0 atom stereocenters. The van der Waals surface area contributed by atoms with Crippen molar-refractivity contribution in [3.63, 3.8) is 0 Å². The number of ether oxygens (including phenoxy) is 1. The lowest BCUT2D eigenvalue weighted by Crippen LogP contribution is -2.36. The van der Waals surface area contributed by atoms with E-state index in [0.29, 0.717) is 47.9 Å². The fourth-order valence-electron chi connectivity index (χ4n) is 2.48. The predicted molar refractivity (Wildman–Crippen MR) is 83.2 cm³/mol. The van der Waals surface area contributed by atoms with E-state index >= 15 is 0 Å². The van der Waals surface area contributed by atoms with E-state index in [4.69, 9.17) is 9.84 Å². The van der Waals surface area contributed by atoms with Gasteiger partial charge in [-0.05, 0) is 18.2 Å². The van der Waals surface area contributed by atoms with Crippen LogP contribution in [0.1, 0.15) is 0 Å². The van der Waals surface area contributed by atoms with Gasteiger partial charge in [0.25, 0.3) is 5.91 Å². The standard InChI is InChI=1S/C15H16N4O3/c1-2-12(21)19-6-8-22-14-11(19)4-3-10-13(14)15(16-5-7-20)18-9-17-10/h2-4,9,20H,1,5-8H2,(H,16,17,18). The molecule has 2 N–H and O–H groups in total. The van der Waals surface area contributed by atoms with Gasteiger partial charge in [-0.25, -0.2) is 9.97 Å². The number of hydrogen-bond donors (Lipinski definition) is 2. The Morgan fingerprint density at radius 2 is 2.36 bits per heavy atom. The number of aromatic nitrogens is 2. The van der Waals surface area contributed by atoms with Crippen molar-refractivity contribution in [2.24, 2.45) is 0 Å². The minimum Gasteiger partial charge on any atom is -0.489 e. The Kier molecular flexibility index (Phi) is 3.88. The molecule has 1 aromatic heterocycles. The van der Waals surface area contributed by atoms with Crippen molar-refractivity contribution in [3.8, 4) is 5.75 Å². The van der Waals surface area contributed by atoms with Gasteiger partial charge in [-0.1, -0.05) is 6.58 Å². The van der Waals surface area contributed by atoms with E-state index in [0.717, 1.165) is 0 Å². The van der Waals surface area contributed by atoms with Gasteiger partial charge < -0.3 is 20.1 Å². The maximum Gasteiger partial charge on any atom is 0.250 e. The van der Waals surface area contributed by atoms with Crippen molar-refractivity contribution in [2.75, 3.05) is 36.5 Å². The van der Waals surface area contributed by atoms with Crippen LogP contribution in [0.4, 0.5) is 11.5 Å². The SMILES string of the molecule is C=CC(=O)N1CCOc2c1ccc1ncnc(NCCO)c21. The highest BCUT2D eigenvalue weighted by Gasteiger charge is 2.25. The third-order valence-corrected chi connectivity index (χ3v) is 3.43. The van der Waals surface area contributed by atoms with Crippen LogP contribution in [-0.2, 0) is 4.79 Å². The second kappa shape index (κ2) is 5.98. The number of fused-ring (bicyclic) bond motifs is 3. The quantitative estimate of drug-likeness (QED) is 0.817. The molecular weight excluding hydrogens is 284 g/mol. The molecule has 3 rings (SSSR count). The van der Waals surface area contributed by atoms with E-state index in [9.17, 15) is 4.79 Å². The highest BCUT2D eigenvalue weighted by atomic mass is 16.5. The fraction of sp³-hybridized carbons (Fsp3) is 0.267. The van der Waals surface area contributed by atoms with Crippen LogP contribution >= 0.6 is 0 Å². The predicted octanol–water partition coefficient (Wildman–Crippen LogP) is 0.945. The zero-order valence-electron chi connectivity index (χ0n) is 12.0. The molecule has 0 spiro atoms. The van der Waals surface area contributed by atoms with Crippen molar-refractivity contribution in [1.29, 1.82) is 0 Å². The Balaban J connectivity index is 2.17. The van der Waals surface area contributed by atoms with E-state index in [1.165, 1.54) is 12.4 Å². The number of hydrogen-bond acceptors (Lipinski definition) is 6. The highest BCUT2D eigenvalue weighted by molar-refractivity contribution is 6.07. The molecule has 0 saturated heterocycles. The van der Waals surface area contributed by atoms with Crippen LogP contribution in [0.5, 0.6) is 5.75 Å². The fourth-order valence-corrected chi connectivity index (χ4v) is 2.48. The number of anilines is 2. The average Bonchev–Trinajstić information content (AvgIpc) is 2.58. The molecule has 2 aromatic rings. The molecule has 0 bridgehead atoms. The van der Waals surface area contributed by atoms with Gasteiger partial charge >= 0.3 is 0 Å². The molecule has 22 heavy (non-hydrogen) atoms. The zero-order valence-corrected chi connectivity index (χ0v) is 12.0. The summed E-state index contributed by atoms with van der Waals surface area (Å²) in [4.78, 5) is 22.1. The van der Waals surface area contributed by atoms with E-state index in [1.54, 1.807) is 11.0 Å². The number of carbonyl (C=O) groups excluding carboxylic acids is 1. The molecule has 1 aliphatic heterocycles. The van der Waals surface area contributed by atoms with Crippen molar-refractivity contribution >= 4 is 28.3 Å². The lowest BCUT2D eigenvalue weighted by Gasteiger charge is -2.29. The summed E-state index contributed by atoms with van der Waals surface area (Å²) in [5.41, 5.74) is 1.38. The van der Waals surface area contributed by atoms with Crippen molar-refractivity contribution in [1.82, 2.24) is 9.97 Å². The van der Waals surface area contributed by atoms with Crippen LogP contribution in [0.25, 0.3) is 10.9 Å². The number of rotatable bonds is 4. The van der Waals surface area contributed by atoms with Gasteiger partial charge in [-0.15, -0.1) is 0 Å². The number of nitrogens with one attached hydrogen (secondary N) is 1. The number of nitrogens with zero attached hydrogens (tertiary/aromatic N) is 3. The minimum absolute atomic E-state index is 0.0115. The monoisotopic (exact) mass is 300 g/mol. The number of carbonyl (C=O) groups is 1. The topological polar surface area (TPSA) is 87.6 Å². The van der Waals surface area contributed by atoms with Gasteiger partial charge in [0, 0.05) is 6.54 Å². The van der Waals surface area contributed by atoms with E-state index in [-0.39, 0.29) is 12.5 Å². The first-order valence-corrected chi connectivity index (χ1v) is 6.95. The van der Waals surface area contributed by atoms with Gasteiger partial charge in [0.2, 0.25) is 0 Å². The smallest absolute Gasteiger partial charge is 0.250 e. The number of amides is 1. The number of benzene rings is 1. The molecule has 2 heterocycles. The lowest BCUT2D eigenvalue weighted by atomic mass is 10.1. The Labute approximate surface area is 127 Å². The Hall–Kier alpha value is -2.67.